The molecule has 0 spiro atoms. The maximum atomic E-state index is 11.5. The molecule has 100 valence electrons. The third-order valence-corrected chi connectivity index (χ3v) is 4.49. The van der Waals surface area contributed by atoms with Crippen LogP contribution < -0.4 is 0 Å². The van der Waals surface area contributed by atoms with Gasteiger partial charge in [-0.2, -0.15) is 0 Å². The molecule has 0 radical (unpaired) electrons. The first-order valence-electron chi connectivity index (χ1n) is 5.79. The molecule has 0 atom stereocenters. The molecule has 0 saturated heterocycles. The number of halogens is 2. The molecule has 0 N–H and O–H groups in total. The fourth-order valence-corrected chi connectivity index (χ4v) is 3.44. The fourth-order valence-electron chi connectivity index (χ4n) is 1.82. The zero-order chi connectivity index (χ0) is 14.1. The maximum absolute atomic E-state index is 11.5. The largest absolute Gasteiger partial charge is 0.291 e. The number of hydrogen-bond donors (Lipinski definition) is 0. The molecule has 3 rings (SSSR count). The van der Waals surface area contributed by atoms with E-state index in [1.165, 1.54) is 11.3 Å². The minimum atomic E-state index is -0.175. The minimum Gasteiger partial charge on any atom is -0.291 e. The number of ketones is 1. The summed E-state index contributed by atoms with van der Waals surface area (Å²) in [6.07, 6.45) is 0. The van der Waals surface area contributed by atoms with E-state index in [1.54, 1.807) is 5.38 Å². The molecule has 0 aliphatic carbocycles. The van der Waals surface area contributed by atoms with Gasteiger partial charge in [0.2, 0.25) is 0 Å². The highest BCUT2D eigenvalue weighted by Gasteiger charge is 2.14. The quantitative estimate of drug-likeness (QED) is 0.504. The second-order valence-corrected chi connectivity index (χ2v) is 6.09. The highest BCUT2D eigenvalue weighted by atomic mass is 79.9. The number of carbonyl (C=O) groups is 1. The normalized spacial score (nSPS) is 10.9. The van der Waals surface area contributed by atoms with Gasteiger partial charge >= 0.3 is 0 Å². The zero-order valence-corrected chi connectivity index (χ0v) is 13.3. The van der Waals surface area contributed by atoms with Crippen LogP contribution in [0.5, 0.6) is 0 Å². The monoisotopic (exact) mass is 366 g/mol. The average molecular weight is 368 g/mol. The van der Waals surface area contributed by atoms with Gasteiger partial charge in [-0.05, 0) is 28.1 Å². The zero-order valence-electron chi connectivity index (χ0n) is 10.1. The van der Waals surface area contributed by atoms with Gasteiger partial charge < -0.3 is 0 Å². The number of aromatic nitrogens is 2. The molecule has 0 aliphatic heterocycles. The van der Waals surface area contributed by atoms with Gasteiger partial charge in [0.25, 0.3) is 0 Å². The van der Waals surface area contributed by atoms with E-state index in [-0.39, 0.29) is 11.7 Å². The van der Waals surface area contributed by atoms with Crippen molar-refractivity contribution in [2.45, 2.75) is 0 Å². The van der Waals surface area contributed by atoms with Crippen LogP contribution in [0.2, 0.25) is 0 Å². The van der Waals surface area contributed by atoms with E-state index in [1.807, 2.05) is 30.3 Å². The van der Waals surface area contributed by atoms with Gasteiger partial charge in [-0.1, -0.05) is 18.2 Å². The Morgan fingerprint density at radius 2 is 2.10 bits per heavy atom. The Morgan fingerprint density at radius 3 is 2.90 bits per heavy atom. The highest BCUT2D eigenvalue weighted by molar-refractivity contribution is 9.10. The Hall–Kier alpha value is -1.30. The number of hydrogen-bond acceptors (Lipinski definition) is 4. The number of benzene rings is 1. The number of nitrogens with zero attached hydrogens (tertiary/aromatic N) is 2. The standard InChI is InChI=1S/C14H8BrClN2OS/c15-9-5-8-3-1-2-4-10(8)17-13(9)14-18-11(7-20-14)12(19)6-16/h1-5,7H,6H2. The molecule has 1 aromatic carbocycles. The van der Waals surface area contributed by atoms with E-state index in [2.05, 4.69) is 25.9 Å². The molecule has 2 heterocycles. The Kier molecular flexibility index (Phi) is 3.83. The number of pyridine rings is 1. The van der Waals surface area contributed by atoms with Crippen LogP contribution >= 0.6 is 38.9 Å². The van der Waals surface area contributed by atoms with Gasteiger partial charge in [0.1, 0.15) is 16.4 Å². The first-order chi connectivity index (χ1) is 9.69. The average Bonchev–Trinajstić information content (AvgIpc) is 2.95. The molecule has 0 amide bonds. The van der Waals surface area contributed by atoms with E-state index >= 15 is 0 Å². The van der Waals surface area contributed by atoms with Crippen LogP contribution in [0.4, 0.5) is 0 Å². The minimum absolute atomic E-state index is 0.0600. The van der Waals surface area contributed by atoms with Crippen molar-refractivity contribution in [2.75, 3.05) is 5.88 Å². The summed E-state index contributed by atoms with van der Waals surface area (Å²) in [5.74, 6) is -0.235. The van der Waals surface area contributed by atoms with Gasteiger partial charge in [0.05, 0.1) is 11.4 Å². The number of Topliss-reactive ketones (excluding diaryl/α,β-unsaturated/α-hetero) is 1. The molecule has 0 fully saturated rings. The van der Waals surface area contributed by atoms with Gasteiger partial charge in [-0.15, -0.1) is 22.9 Å². The highest BCUT2D eigenvalue weighted by Crippen LogP contribution is 2.31. The van der Waals surface area contributed by atoms with Crippen molar-refractivity contribution in [3.8, 4) is 10.7 Å². The number of alkyl halides is 1. The fraction of sp³-hybridized carbons (Fsp3) is 0.0714. The van der Waals surface area contributed by atoms with Gasteiger partial charge in [0, 0.05) is 15.2 Å². The summed E-state index contributed by atoms with van der Waals surface area (Å²) < 4.78 is 0.857. The predicted octanol–water partition coefficient (Wildman–Crippen LogP) is 4.54. The van der Waals surface area contributed by atoms with E-state index in [9.17, 15) is 4.79 Å². The third-order valence-electron chi connectivity index (χ3n) is 2.79. The van der Waals surface area contributed by atoms with Gasteiger partial charge in [-0.3, -0.25) is 4.79 Å². The SMILES string of the molecule is O=C(CCl)c1csc(-c2nc3ccccc3cc2Br)n1. The Labute approximate surface area is 132 Å². The smallest absolute Gasteiger partial charge is 0.196 e. The van der Waals surface area contributed by atoms with Crippen molar-refractivity contribution in [1.82, 2.24) is 9.97 Å². The first-order valence-corrected chi connectivity index (χ1v) is 8.00. The van der Waals surface area contributed by atoms with E-state index in [4.69, 9.17) is 11.6 Å². The number of carbonyl (C=O) groups excluding carboxylic acids is 1. The second-order valence-electron chi connectivity index (χ2n) is 4.11. The molecular weight excluding hydrogens is 360 g/mol. The van der Waals surface area contributed by atoms with Crippen LogP contribution in [-0.2, 0) is 0 Å². The number of rotatable bonds is 3. The van der Waals surface area contributed by atoms with Crippen molar-refractivity contribution >= 4 is 55.6 Å². The summed E-state index contributed by atoms with van der Waals surface area (Å²) in [7, 11) is 0. The Bertz CT molecular complexity index is 803. The van der Waals surface area contributed by atoms with Crippen LogP contribution in [0.3, 0.4) is 0 Å². The summed E-state index contributed by atoms with van der Waals surface area (Å²) in [5, 5.41) is 3.47. The van der Waals surface area contributed by atoms with Crippen LogP contribution in [0, 0.1) is 0 Å². The summed E-state index contributed by atoms with van der Waals surface area (Å²) in [4.78, 5) is 20.4. The molecule has 3 nitrogen and oxygen atoms in total. The number of para-hydroxylation sites is 1. The lowest BCUT2D eigenvalue weighted by molar-refractivity contribution is 0.101. The topological polar surface area (TPSA) is 42.9 Å². The van der Waals surface area contributed by atoms with Gasteiger partial charge in [0.15, 0.2) is 5.78 Å². The third kappa shape index (κ3) is 2.49. The first kappa shape index (κ1) is 13.7. The molecule has 0 aliphatic rings. The lowest BCUT2D eigenvalue weighted by Gasteiger charge is -2.03. The Balaban J connectivity index is 2.11. The lowest BCUT2D eigenvalue weighted by Crippen LogP contribution is -2.00. The lowest BCUT2D eigenvalue weighted by atomic mass is 10.2. The molecule has 0 unspecified atom stereocenters. The summed E-state index contributed by atoms with van der Waals surface area (Å²) >= 11 is 10.4. The summed E-state index contributed by atoms with van der Waals surface area (Å²) in [6, 6.07) is 9.86. The van der Waals surface area contributed by atoms with Crippen molar-refractivity contribution in [3.05, 3.63) is 45.9 Å². The van der Waals surface area contributed by atoms with E-state index < -0.39 is 0 Å². The van der Waals surface area contributed by atoms with E-state index in [0.717, 1.165) is 21.1 Å². The molecule has 6 heteroatoms. The van der Waals surface area contributed by atoms with Crippen LogP contribution in [-0.4, -0.2) is 21.6 Å². The molecule has 20 heavy (non-hydrogen) atoms. The van der Waals surface area contributed by atoms with Crippen molar-refractivity contribution < 1.29 is 4.79 Å². The summed E-state index contributed by atoms with van der Waals surface area (Å²) in [6.45, 7) is 0. The molecule has 0 bridgehead atoms. The molecule has 0 saturated carbocycles. The van der Waals surface area contributed by atoms with Crippen molar-refractivity contribution in [1.29, 1.82) is 0 Å². The van der Waals surface area contributed by atoms with Crippen molar-refractivity contribution in [2.24, 2.45) is 0 Å². The van der Waals surface area contributed by atoms with Crippen LogP contribution in [0.15, 0.2) is 40.2 Å². The Morgan fingerprint density at radius 1 is 1.30 bits per heavy atom. The summed E-state index contributed by atoms with van der Waals surface area (Å²) in [5.41, 5.74) is 2.02. The maximum Gasteiger partial charge on any atom is 0.196 e. The molecular formula is C14H8BrClN2OS. The van der Waals surface area contributed by atoms with Crippen LogP contribution in [0.1, 0.15) is 10.5 Å². The molecule has 2 aromatic heterocycles. The van der Waals surface area contributed by atoms with Crippen molar-refractivity contribution in [3.63, 3.8) is 0 Å². The van der Waals surface area contributed by atoms with Crippen LogP contribution in [0.25, 0.3) is 21.6 Å². The van der Waals surface area contributed by atoms with Gasteiger partial charge in [-0.25, -0.2) is 9.97 Å². The number of thiazole rings is 1. The molecule has 3 aromatic rings. The predicted molar refractivity (Wildman–Crippen MR) is 85.6 cm³/mol. The number of fused-ring (bicyclic) bond motifs is 1. The van der Waals surface area contributed by atoms with E-state index in [0.29, 0.717) is 10.7 Å². The second kappa shape index (κ2) is 5.60.